The normalized spacial score (nSPS) is 10.9. The molecular formula is C19H16F2N2O4. The average Bonchev–Trinajstić information content (AvgIpc) is 2.63. The Labute approximate surface area is 153 Å². The molecule has 2 rings (SSSR count). The Hall–Kier alpha value is -3.55. The number of amides is 2. The average molecular weight is 374 g/mol. The van der Waals surface area contributed by atoms with Gasteiger partial charge >= 0.3 is 5.97 Å². The predicted molar refractivity (Wildman–Crippen MR) is 94.2 cm³/mol. The number of ether oxygens (including phenoxy) is 1. The van der Waals surface area contributed by atoms with Gasteiger partial charge < -0.3 is 15.4 Å². The van der Waals surface area contributed by atoms with E-state index in [1.54, 1.807) is 30.3 Å². The van der Waals surface area contributed by atoms with Crippen molar-refractivity contribution in [2.24, 2.45) is 0 Å². The van der Waals surface area contributed by atoms with Crippen molar-refractivity contribution in [2.75, 3.05) is 11.9 Å². The number of nitrogens with one attached hydrogen (secondary N) is 2. The summed E-state index contributed by atoms with van der Waals surface area (Å²) in [7, 11) is 0. The van der Waals surface area contributed by atoms with E-state index in [0.717, 1.165) is 18.2 Å². The molecule has 0 saturated carbocycles. The van der Waals surface area contributed by atoms with E-state index in [1.807, 2.05) is 5.32 Å². The van der Waals surface area contributed by atoms with Crippen molar-refractivity contribution in [2.45, 2.75) is 6.92 Å². The second-order valence-corrected chi connectivity index (χ2v) is 5.37. The molecule has 0 saturated heterocycles. The summed E-state index contributed by atoms with van der Waals surface area (Å²) >= 11 is 0. The van der Waals surface area contributed by atoms with Crippen molar-refractivity contribution in [3.8, 4) is 0 Å². The minimum atomic E-state index is -0.974. The lowest BCUT2D eigenvalue weighted by molar-refractivity contribution is -0.144. The number of benzene rings is 2. The van der Waals surface area contributed by atoms with Gasteiger partial charge in [0.1, 0.15) is 23.0 Å². The highest BCUT2D eigenvalue weighted by Gasteiger charge is 2.17. The number of anilines is 1. The van der Waals surface area contributed by atoms with Gasteiger partial charge in [-0.3, -0.25) is 9.59 Å². The number of hydrogen-bond acceptors (Lipinski definition) is 4. The molecule has 0 heterocycles. The molecule has 27 heavy (non-hydrogen) atoms. The van der Waals surface area contributed by atoms with Crippen LogP contribution in [0.2, 0.25) is 0 Å². The Balaban J connectivity index is 2.03. The second-order valence-electron chi connectivity index (χ2n) is 5.37. The number of para-hydroxylation sites is 1. The van der Waals surface area contributed by atoms with Crippen molar-refractivity contribution in [1.82, 2.24) is 5.32 Å². The zero-order chi connectivity index (χ0) is 19.8. The summed E-state index contributed by atoms with van der Waals surface area (Å²) in [4.78, 5) is 35.2. The summed E-state index contributed by atoms with van der Waals surface area (Å²) in [5, 5.41) is 4.31. The molecule has 140 valence electrons. The summed E-state index contributed by atoms with van der Waals surface area (Å²) in [6.07, 6.45) is 1.37. The summed E-state index contributed by atoms with van der Waals surface area (Å²) in [6, 6.07) is 11.7. The minimum absolute atomic E-state index is 0.182. The molecule has 0 fully saturated rings. The molecule has 0 aromatic heterocycles. The summed E-state index contributed by atoms with van der Waals surface area (Å²) in [5.74, 6) is -4.34. The Morgan fingerprint density at radius 1 is 1.00 bits per heavy atom. The van der Waals surface area contributed by atoms with Crippen molar-refractivity contribution in [1.29, 1.82) is 0 Å². The van der Waals surface area contributed by atoms with Gasteiger partial charge in [-0.15, -0.1) is 0 Å². The maximum Gasteiger partial charge on any atom is 0.355 e. The fraction of sp³-hybridized carbons (Fsp3) is 0.105. The number of halogens is 2. The molecule has 6 nitrogen and oxygen atoms in total. The Kier molecular flexibility index (Phi) is 6.76. The molecule has 0 aliphatic rings. The number of hydrogen-bond donors (Lipinski definition) is 2. The van der Waals surface area contributed by atoms with Crippen molar-refractivity contribution in [3.63, 3.8) is 0 Å². The SMILES string of the molecule is CC(=O)N/C(=C/c1ccccc1)C(=O)OCC(=O)Nc1c(F)cccc1F. The molecule has 0 bridgehead atoms. The van der Waals surface area contributed by atoms with E-state index in [-0.39, 0.29) is 5.70 Å². The highest BCUT2D eigenvalue weighted by atomic mass is 19.1. The van der Waals surface area contributed by atoms with Crippen molar-refractivity contribution in [3.05, 3.63) is 71.4 Å². The van der Waals surface area contributed by atoms with Crippen molar-refractivity contribution >= 4 is 29.5 Å². The maximum absolute atomic E-state index is 13.5. The predicted octanol–water partition coefficient (Wildman–Crippen LogP) is 2.62. The van der Waals surface area contributed by atoms with Crippen LogP contribution in [0.3, 0.4) is 0 Å². The van der Waals surface area contributed by atoms with Crippen LogP contribution in [0.5, 0.6) is 0 Å². The number of esters is 1. The molecular weight excluding hydrogens is 358 g/mol. The fourth-order valence-electron chi connectivity index (χ4n) is 2.05. The first-order valence-electron chi connectivity index (χ1n) is 7.82. The van der Waals surface area contributed by atoms with Gasteiger partial charge in [0.2, 0.25) is 5.91 Å². The monoisotopic (exact) mass is 374 g/mol. The first kappa shape index (κ1) is 19.8. The maximum atomic E-state index is 13.5. The van der Waals surface area contributed by atoms with Crippen LogP contribution in [0, 0.1) is 11.6 Å². The first-order chi connectivity index (χ1) is 12.9. The molecule has 0 aliphatic carbocycles. The smallest absolute Gasteiger partial charge is 0.355 e. The summed E-state index contributed by atoms with van der Waals surface area (Å²) in [6.45, 7) is 0.415. The van der Waals surface area contributed by atoms with E-state index >= 15 is 0 Å². The van der Waals surface area contributed by atoms with E-state index in [4.69, 9.17) is 4.74 Å². The third kappa shape index (κ3) is 6.03. The van der Waals surface area contributed by atoms with E-state index in [1.165, 1.54) is 13.0 Å². The fourth-order valence-corrected chi connectivity index (χ4v) is 2.05. The Morgan fingerprint density at radius 2 is 1.63 bits per heavy atom. The van der Waals surface area contributed by atoms with Crippen LogP contribution in [0.1, 0.15) is 12.5 Å². The highest BCUT2D eigenvalue weighted by molar-refractivity contribution is 5.99. The van der Waals surface area contributed by atoms with E-state index in [2.05, 4.69) is 5.32 Å². The van der Waals surface area contributed by atoms with E-state index in [9.17, 15) is 23.2 Å². The molecule has 2 amide bonds. The van der Waals surface area contributed by atoms with Crippen LogP contribution >= 0.6 is 0 Å². The molecule has 0 atom stereocenters. The van der Waals surface area contributed by atoms with Gasteiger partial charge in [0, 0.05) is 6.92 Å². The molecule has 2 aromatic carbocycles. The van der Waals surface area contributed by atoms with Gasteiger partial charge in [0.15, 0.2) is 6.61 Å². The van der Waals surface area contributed by atoms with E-state index < -0.39 is 41.7 Å². The van der Waals surface area contributed by atoms with Gasteiger partial charge in [-0.25, -0.2) is 13.6 Å². The van der Waals surface area contributed by atoms with Crippen LogP contribution in [0.15, 0.2) is 54.2 Å². The van der Waals surface area contributed by atoms with Crippen LogP contribution in [0.25, 0.3) is 6.08 Å². The lowest BCUT2D eigenvalue weighted by atomic mass is 10.2. The zero-order valence-electron chi connectivity index (χ0n) is 14.3. The standard InChI is InChI=1S/C19H16F2N2O4/c1-12(24)22-16(10-13-6-3-2-4-7-13)19(26)27-11-17(25)23-18-14(20)8-5-9-15(18)21/h2-10H,11H2,1H3,(H,22,24)(H,23,25)/b16-10+. The zero-order valence-corrected chi connectivity index (χ0v) is 14.3. The van der Waals surface area contributed by atoms with Gasteiger partial charge in [-0.1, -0.05) is 36.4 Å². The first-order valence-corrected chi connectivity index (χ1v) is 7.82. The quantitative estimate of drug-likeness (QED) is 0.601. The lowest BCUT2D eigenvalue weighted by Crippen LogP contribution is -2.29. The third-order valence-corrected chi connectivity index (χ3v) is 3.20. The van der Waals surface area contributed by atoms with Crippen LogP contribution in [-0.4, -0.2) is 24.4 Å². The third-order valence-electron chi connectivity index (χ3n) is 3.20. The highest BCUT2D eigenvalue weighted by Crippen LogP contribution is 2.17. The molecule has 0 spiro atoms. The minimum Gasteiger partial charge on any atom is -0.451 e. The topological polar surface area (TPSA) is 84.5 Å². The number of carbonyl (C=O) groups is 3. The second kappa shape index (κ2) is 9.23. The van der Waals surface area contributed by atoms with Crippen molar-refractivity contribution < 1.29 is 27.9 Å². The number of carbonyl (C=O) groups excluding carboxylic acids is 3. The molecule has 0 aliphatic heterocycles. The van der Waals surface area contributed by atoms with Gasteiger partial charge in [0.25, 0.3) is 5.91 Å². The van der Waals surface area contributed by atoms with Crippen LogP contribution < -0.4 is 10.6 Å². The number of rotatable bonds is 6. The summed E-state index contributed by atoms with van der Waals surface area (Å²) in [5.41, 5.74) is -0.199. The molecule has 2 N–H and O–H groups in total. The van der Waals surface area contributed by atoms with Gasteiger partial charge in [-0.2, -0.15) is 0 Å². The summed E-state index contributed by atoms with van der Waals surface area (Å²) < 4.78 is 31.8. The molecule has 8 heteroatoms. The van der Waals surface area contributed by atoms with Gasteiger partial charge in [-0.05, 0) is 23.8 Å². The van der Waals surface area contributed by atoms with E-state index in [0.29, 0.717) is 5.56 Å². The molecule has 0 radical (unpaired) electrons. The van der Waals surface area contributed by atoms with Crippen LogP contribution in [0.4, 0.5) is 14.5 Å². The Bertz CT molecular complexity index is 862. The largest absolute Gasteiger partial charge is 0.451 e. The lowest BCUT2D eigenvalue weighted by Gasteiger charge is -2.10. The van der Waals surface area contributed by atoms with Crippen LogP contribution in [-0.2, 0) is 19.1 Å². The van der Waals surface area contributed by atoms with Gasteiger partial charge in [0.05, 0.1) is 0 Å². The Morgan fingerprint density at radius 3 is 2.22 bits per heavy atom. The molecule has 2 aromatic rings. The molecule has 0 unspecified atom stereocenters.